The molecule has 2 atom stereocenters. The van der Waals surface area contributed by atoms with Crippen molar-refractivity contribution < 1.29 is 9.18 Å². The van der Waals surface area contributed by atoms with Crippen molar-refractivity contribution in [1.82, 2.24) is 25.0 Å². The second-order valence-electron chi connectivity index (χ2n) is 6.73. The lowest BCUT2D eigenvalue weighted by Gasteiger charge is -2.32. The van der Waals surface area contributed by atoms with Crippen LogP contribution in [0.4, 0.5) is 4.39 Å². The summed E-state index contributed by atoms with van der Waals surface area (Å²) >= 11 is 0. The molecule has 1 saturated heterocycles. The third-order valence-corrected chi connectivity index (χ3v) is 4.66. The molecular formula is C18H24FN5O. The number of carbonyl (C=O) groups is 1. The maximum Gasteiger partial charge on any atom is 0.224 e. The first-order valence-electron chi connectivity index (χ1n) is 8.64. The Morgan fingerprint density at radius 1 is 1.48 bits per heavy atom. The third kappa shape index (κ3) is 4.42. The fourth-order valence-electron chi connectivity index (χ4n) is 3.39. The third-order valence-electron chi connectivity index (χ3n) is 4.66. The van der Waals surface area contributed by atoms with E-state index in [2.05, 4.69) is 20.4 Å². The van der Waals surface area contributed by atoms with Crippen molar-refractivity contribution in [2.75, 3.05) is 13.1 Å². The molecule has 1 aromatic heterocycles. The van der Waals surface area contributed by atoms with E-state index < -0.39 is 0 Å². The minimum atomic E-state index is -0.221. The van der Waals surface area contributed by atoms with E-state index in [-0.39, 0.29) is 23.7 Å². The first-order valence-corrected chi connectivity index (χ1v) is 8.64. The van der Waals surface area contributed by atoms with Crippen LogP contribution >= 0.6 is 0 Å². The molecule has 0 unspecified atom stereocenters. The van der Waals surface area contributed by atoms with Crippen LogP contribution in [0.1, 0.15) is 37.2 Å². The SMILES string of the molecule is C[C@@H](NC(=O)[C@H]1CCCN(Cc2cccc(F)c2)C1)c1nncn1C. The molecule has 2 aromatic rings. The van der Waals surface area contributed by atoms with Crippen LogP contribution in [0.3, 0.4) is 0 Å². The number of hydrogen-bond acceptors (Lipinski definition) is 4. The van der Waals surface area contributed by atoms with Crippen LogP contribution < -0.4 is 5.32 Å². The number of carbonyl (C=O) groups excluding carboxylic acids is 1. The highest BCUT2D eigenvalue weighted by atomic mass is 19.1. The number of aryl methyl sites for hydroxylation is 1. The summed E-state index contributed by atoms with van der Waals surface area (Å²) in [7, 11) is 1.86. The van der Waals surface area contributed by atoms with Crippen LogP contribution in [-0.4, -0.2) is 38.7 Å². The van der Waals surface area contributed by atoms with Crippen molar-refractivity contribution in [1.29, 1.82) is 0 Å². The van der Waals surface area contributed by atoms with Gasteiger partial charge in [0.25, 0.3) is 0 Å². The Hall–Kier alpha value is -2.28. The number of halogens is 1. The summed E-state index contributed by atoms with van der Waals surface area (Å²) in [5.41, 5.74) is 0.938. The van der Waals surface area contributed by atoms with E-state index in [1.54, 1.807) is 18.5 Å². The largest absolute Gasteiger partial charge is 0.346 e. The summed E-state index contributed by atoms with van der Waals surface area (Å²) in [6, 6.07) is 6.46. The number of piperidine rings is 1. The van der Waals surface area contributed by atoms with Crippen LogP contribution in [0.5, 0.6) is 0 Å². The molecule has 25 heavy (non-hydrogen) atoms. The fourth-order valence-corrected chi connectivity index (χ4v) is 3.39. The number of likely N-dealkylation sites (tertiary alicyclic amines) is 1. The Balaban J connectivity index is 1.57. The predicted octanol–water partition coefficient (Wildman–Crippen LogP) is 2.04. The maximum absolute atomic E-state index is 13.3. The zero-order valence-corrected chi connectivity index (χ0v) is 14.7. The lowest BCUT2D eigenvalue weighted by molar-refractivity contribution is -0.127. The van der Waals surface area contributed by atoms with Gasteiger partial charge in [0, 0.05) is 20.1 Å². The second kappa shape index (κ2) is 7.74. The Bertz CT molecular complexity index is 732. The van der Waals surface area contributed by atoms with Gasteiger partial charge in [-0.05, 0) is 44.0 Å². The average molecular weight is 345 g/mol. The average Bonchev–Trinajstić information content (AvgIpc) is 3.01. The molecule has 0 spiro atoms. The van der Waals surface area contributed by atoms with Gasteiger partial charge in [0.1, 0.15) is 12.1 Å². The van der Waals surface area contributed by atoms with Gasteiger partial charge in [-0.1, -0.05) is 12.1 Å². The summed E-state index contributed by atoms with van der Waals surface area (Å²) in [5.74, 6) is 0.500. The number of hydrogen-bond donors (Lipinski definition) is 1. The first kappa shape index (κ1) is 17.5. The van der Waals surface area contributed by atoms with E-state index in [4.69, 9.17) is 0 Å². The highest BCUT2D eigenvalue weighted by Gasteiger charge is 2.27. The maximum atomic E-state index is 13.3. The van der Waals surface area contributed by atoms with Gasteiger partial charge in [-0.3, -0.25) is 9.69 Å². The van der Waals surface area contributed by atoms with E-state index >= 15 is 0 Å². The van der Waals surface area contributed by atoms with Crippen LogP contribution in [0.25, 0.3) is 0 Å². The van der Waals surface area contributed by atoms with Crippen LogP contribution in [-0.2, 0) is 18.4 Å². The number of aromatic nitrogens is 3. The van der Waals surface area contributed by atoms with E-state index in [0.29, 0.717) is 13.1 Å². The first-order chi connectivity index (χ1) is 12.0. The van der Waals surface area contributed by atoms with Crippen molar-refractivity contribution in [3.8, 4) is 0 Å². The smallest absolute Gasteiger partial charge is 0.224 e. The van der Waals surface area contributed by atoms with Crippen LogP contribution in [0.2, 0.25) is 0 Å². The van der Waals surface area contributed by atoms with E-state index in [0.717, 1.165) is 30.8 Å². The predicted molar refractivity (Wildman–Crippen MR) is 92.0 cm³/mol. The molecule has 0 aliphatic carbocycles. The number of nitrogens with zero attached hydrogens (tertiary/aromatic N) is 4. The summed E-state index contributed by atoms with van der Waals surface area (Å²) in [6.07, 6.45) is 3.46. The molecule has 7 heteroatoms. The van der Waals surface area contributed by atoms with Crippen molar-refractivity contribution in [2.24, 2.45) is 13.0 Å². The van der Waals surface area contributed by atoms with E-state index in [9.17, 15) is 9.18 Å². The van der Waals surface area contributed by atoms with Crippen molar-refractivity contribution in [3.05, 3.63) is 47.8 Å². The summed E-state index contributed by atoms with van der Waals surface area (Å²) < 4.78 is 15.1. The Morgan fingerprint density at radius 3 is 3.04 bits per heavy atom. The van der Waals surface area contributed by atoms with Crippen LogP contribution in [0, 0.1) is 11.7 Å². The standard InChI is InChI=1S/C18H24FN5O/c1-13(17-22-20-12-23(17)2)21-18(25)15-6-4-8-24(11-15)10-14-5-3-7-16(19)9-14/h3,5,7,9,12-13,15H,4,6,8,10-11H2,1-2H3,(H,21,25)/t13-,15+/m1/s1. The normalized spacial score (nSPS) is 19.6. The molecule has 1 fully saturated rings. The van der Waals surface area contributed by atoms with Crippen molar-refractivity contribution >= 4 is 5.91 Å². The monoisotopic (exact) mass is 345 g/mol. The molecule has 0 bridgehead atoms. The molecule has 3 rings (SSSR count). The van der Waals surface area contributed by atoms with Gasteiger partial charge in [-0.15, -0.1) is 10.2 Å². The minimum Gasteiger partial charge on any atom is -0.346 e. The molecule has 0 radical (unpaired) electrons. The number of rotatable bonds is 5. The molecule has 1 aliphatic heterocycles. The molecule has 1 aliphatic rings. The van der Waals surface area contributed by atoms with Crippen molar-refractivity contribution in [3.63, 3.8) is 0 Å². The van der Waals surface area contributed by atoms with Crippen LogP contribution in [0.15, 0.2) is 30.6 Å². The van der Waals surface area contributed by atoms with Gasteiger partial charge >= 0.3 is 0 Å². The van der Waals surface area contributed by atoms with E-state index in [1.165, 1.54) is 6.07 Å². The Labute approximate surface area is 147 Å². The summed E-state index contributed by atoms with van der Waals surface area (Å²) in [5, 5.41) is 10.9. The van der Waals surface area contributed by atoms with Gasteiger partial charge < -0.3 is 9.88 Å². The lowest BCUT2D eigenvalue weighted by Crippen LogP contribution is -2.43. The molecule has 6 nitrogen and oxygen atoms in total. The van der Waals surface area contributed by atoms with Gasteiger partial charge in [0.15, 0.2) is 5.82 Å². The quantitative estimate of drug-likeness (QED) is 0.901. The molecule has 1 amide bonds. The Kier molecular flexibility index (Phi) is 5.43. The zero-order chi connectivity index (χ0) is 17.8. The highest BCUT2D eigenvalue weighted by molar-refractivity contribution is 5.79. The van der Waals surface area contributed by atoms with E-state index in [1.807, 2.05) is 24.6 Å². The zero-order valence-electron chi connectivity index (χ0n) is 14.7. The topological polar surface area (TPSA) is 63.1 Å². The molecule has 1 N–H and O–H groups in total. The summed E-state index contributed by atoms with van der Waals surface area (Å²) in [6.45, 7) is 4.20. The minimum absolute atomic E-state index is 0.0412. The molecule has 1 aromatic carbocycles. The number of nitrogens with one attached hydrogen (secondary N) is 1. The lowest BCUT2D eigenvalue weighted by atomic mass is 9.96. The Morgan fingerprint density at radius 2 is 2.32 bits per heavy atom. The van der Waals surface area contributed by atoms with Crippen molar-refractivity contribution in [2.45, 2.75) is 32.4 Å². The summed E-state index contributed by atoms with van der Waals surface area (Å²) in [4.78, 5) is 14.8. The second-order valence-corrected chi connectivity index (χ2v) is 6.73. The molecule has 134 valence electrons. The number of amides is 1. The highest BCUT2D eigenvalue weighted by Crippen LogP contribution is 2.20. The number of benzene rings is 1. The molecule has 0 saturated carbocycles. The molecule has 2 heterocycles. The van der Waals surface area contributed by atoms with Gasteiger partial charge in [0.05, 0.1) is 12.0 Å². The van der Waals surface area contributed by atoms with Gasteiger partial charge in [-0.25, -0.2) is 4.39 Å². The van der Waals surface area contributed by atoms with Gasteiger partial charge in [-0.2, -0.15) is 0 Å². The molecular weight excluding hydrogens is 321 g/mol. The van der Waals surface area contributed by atoms with Gasteiger partial charge in [0.2, 0.25) is 5.91 Å². The fraction of sp³-hybridized carbons (Fsp3) is 0.500.